The number of nitrogens with zero attached hydrogens (tertiary/aromatic N) is 2. The van der Waals surface area contributed by atoms with Crippen LogP contribution in [0.3, 0.4) is 0 Å². The lowest BCUT2D eigenvalue weighted by Crippen LogP contribution is -2.39. The second-order valence-electron chi connectivity index (χ2n) is 6.23. The largest absolute Gasteiger partial charge is 0.440 e. The molecule has 0 spiro atoms. The lowest BCUT2D eigenvalue weighted by molar-refractivity contribution is 0.0697. The molecule has 128 valence electrons. The number of likely N-dealkylation sites (tertiary alicyclic amines) is 1. The standard InChI is InChI=1S/C19H16BrFN2O2/c20-15-8-7-13(21)10-14(15)19(24)23-9-3-4-12(11-23)18-22-16-5-1-2-6-17(16)25-18/h1-2,5-8,10,12H,3-4,9,11H2. The van der Waals surface area contributed by atoms with Gasteiger partial charge in [0.05, 0.1) is 11.5 Å². The summed E-state index contributed by atoms with van der Waals surface area (Å²) in [4.78, 5) is 19.1. The first kappa shape index (κ1) is 16.3. The van der Waals surface area contributed by atoms with Gasteiger partial charge in [0.1, 0.15) is 11.3 Å². The number of oxazole rings is 1. The van der Waals surface area contributed by atoms with Crippen LogP contribution in [0.5, 0.6) is 0 Å². The van der Waals surface area contributed by atoms with Crippen molar-refractivity contribution in [2.24, 2.45) is 0 Å². The molecule has 0 aliphatic carbocycles. The number of halogens is 2. The van der Waals surface area contributed by atoms with Crippen LogP contribution >= 0.6 is 15.9 Å². The van der Waals surface area contributed by atoms with Gasteiger partial charge in [-0.25, -0.2) is 9.37 Å². The highest BCUT2D eigenvalue weighted by Crippen LogP contribution is 2.30. The van der Waals surface area contributed by atoms with Crippen LogP contribution in [0.1, 0.15) is 35.0 Å². The fraction of sp³-hybridized carbons (Fsp3) is 0.263. The van der Waals surface area contributed by atoms with E-state index in [4.69, 9.17) is 4.42 Å². The van der Waals surface area contributed by atoms with Crippen molar-refractivity contribution in [1.82, 2.24) is 9.88 Å². The summed E-state index contributed by atoms with van der Waals surface area (Å²) in [7, 11) is 0. The zero-order valence-corrected chi connectivity index (χ0v) is 15.0. The van der Waals surface area contributed by atoms with E-state index in [9.17, 15) is 9.18 Å². The highest BCUT2D eigenvalue weighted by Gasteiger charge is 2.29. The van der Waals surface area contributed by atoms with Crippen LogP contribution in [0.4, 0.5) is 4.39 Å². The van der Waals surface area contributed by atoms with Crippen molar-refractivity contribution in [2.75, 3.05) is 13.1 Å². The number of piperidine rings is 1. The topological polar surface area (TPSA) is 46.3 Å². The summed E-state index contributed by atoms with van der Waals surface area (Å²) in [6.07, 6.45) is 1.78. The molecule has 1 aliphatic rings. The smallest absolute Gasteiger partial charge is 0.255 e. The van der Waals surface area contributed by atoms with Gasteiger partial charge in [0.15, 0.2) is 11.5 Å². The molecule has 25 heavy (non-hydrogen) atoms. The molecule has 1 fully saturated rings. The van der Waals surface area contributed by atoms with Crippen LogP contribution in [0, 0.1) is 5.82 Å². The maximum atomic E-state index is 13.5. The molecule has 2 aromatic carbocycles. The normalized spacial score (nSPS) is 17.8. The fourth-order valence-electron chi connectivity index (χ4n) is 3.26. The quantitative estimate of drug-likeness (QED) is 0.621. The highest BCUT2D eigenvalue weighted by molar-refractivity contribution is 9.10. The third-order valence-corrected chi connectivity index (χ3v) is 5.22. The van der Waals surface area contributed by atoms with Crippen molar-refractivity contribution in [3.05, 3.63) is 64.2 Å². The van der Waals surface area contributed by atoms with Gasteiger partial charge in [-0.1, -0.05) is 12.1 Å². The number of para-hydroxylation sites is 2. The van der Waals surface area contributed by atoms with Crippen LogP contribution in [-0.4, -0.2) is 28.9 Å². The maximum Gasteiger partial charge on any atom is 0.255 e. The number of benzene rings is 2. The maximum absolute atomic E-state index is 13.5. The first-order valence-electron chi connectivity index (χ1n) is 8.21. The number of carbonyl (C=O) groups excluding carboxylic acids is 1. The van der Waals surface area contributed by atoms with Crippen molar-refractivity contribution in [3.8, 4) is 0 Å². The van der Waals surface area contributed by atoms with E-state index in [0.717, 1.165) is 23.9 Å². The minimum Gasteiger partial charge on any atom is -0.440 e. The Bertz CT molecular complexity index is 907. The van der Waals surface area contributed by atoms with Gasteiger partial charge >= 0.3 is 0 Å². The Morgan fingerprint density at radius 1 is 1.28 bits per heavy atom. The van der Waals surface area contributed by atoms with E-state index in [2.05, 4.69) is 20.9 Å². The SMILES string of the molecule is O=C(c1cc(F)ccc1Br)N1CCCC(c2nc3ccccc3o2)C1. The zero-order chi connectivity index (χ0) is 17.4. The molecule has 1 saturated heterocycles. The summed E-state index contributed by atoms with van der Waals surface area (Å²) in [6, 6.07) is 11.8. The van der Waals surface area contributed by atoms with E-state index in [1.54, 1.807) is 11.0 Å². The van der Waals surface area contributed by atoms with Crippen LogP contribution in [0.15, 0.2) is 51.4 Å². The summed E-state index contributed by atoms with van der Waals surface area (Å²) < 4.78 is 20.0. The van der Waals surface area contributed by atoms with E-state index < -0.39 is 5.82 Å². The molecule has 0 saturated carbocycles. The van der Waals surface area contributed by atoms with Crippen molar-refractivity contribution >= 4 is 32.9 Å². The van der Waals surface area contributed by atoms with Gasteiger partial charge in [0.2, 0.25) is 0 Å². The molecule has 1 amide bonds. The Morgan fingerprint density at radius 3 is 2.96 bits per heavy atom. The Kier molecular flexibility index (Phi) is 4.29. The predicted octanol–water partition coefficient (Wildman–Crippen LogP) is 4.75. The number of hydrogen-bond donors (Lipinski definition) is 0. The molecule has 0 bridgehead atoms. The van der Waals surface area contributed by atoms with E-state index in [0.29, 0.717) is 29.0 Å². The molecule has 4 rings (SSSR count). The molecule has 4 nitrogen and oxygen atoms in total. The minimum atomic E-state index is -0.418. The van der Waals surface area contributed by atoms with Gasteiger partial charge in [0, 0.05) is 17.6 Å². The lowest BCUT2D eigenvalue weighted by atomic mass is 9.97. The molecule has 3 aromatic rings. The highest BCUT2D eigenvalue weighted by atomic mass is 79.9. The van der Waals surface area contributed by atoms with Crippen LogP contribution in [0.2, 0.25) is 0 Å². The molecule has 0 radical (unpaired) electrons. The summed E-state index contributed by atoms with van der Waals surface area (Å²) >= 11 is 3.34. The van der Waals surface area contributed by atoms with Crippen LogP contribution in [0.25, 0.3) is 11.1 Å². The van der Waals surface area contributed by atoms with Gasteiger partial charge in [-0.3, -0.25) is 4.79 Å². The summed E-state index contributed by atoms with van der Waals surface area (Å²) in [6.45, 7) is 1.17. The van der Waals surface area contributed by atoms with Crippen molar-refractivity contribution in [2.45, 2.75) is 18.8 Å². The first-order valence-corrected chi connectivity index (χ1v) is 9.01. The second-order valence-corrected chi connectivity index (χ2v) is 7.09. The minimum absolute atomic E-state index is 0.0532. The molecule has 0 N–H and O–H groups in total. The molecule has 1 atom stereocenters. The number of aromatic nitrogens is 1. The molecular formula is C19H16BrFN2O2. The average Bonchev–Trinajstić information content (AvgIpc) is 3.07. The molecular weight excluding hydrogens is 387 g/mol. The molecule has 6 heteroatoms. The fourth-order valence-corrected chi connectivity index (χ4v) is 3.68. The van der Waals surface area contributed by atoms with Gasteiger partial charge in [-0.2, -0.15) is 0 Å². The lowest BCUT2D eigenvalue weighted by Gasteiger charge is -2.31. The second kappa shape index (κ2) is 6.59. The third kappa shape index (κ3) is 3.18. The Labute approximate surface area is 152 Å². The van der Waals surface area contributed by atoms with Gasteiger partial charge in [-0.15, -0.1) is 0 Å². The summed E-state index contributed by atoms with van der Waals surface area (Å²) in [5.41, 5.74) is 1.93. The van der Waals surface area contributed by atoms with Crippen LogP contribution in [-0.2, 0) is 0 Å². The number of carbonyl (C=O) groups is 1. The molecule has 2 heterocycles. The Balaban J connectivity index is 1.58. The van der Waals surface area contributed by atoms with Gasteiger partial charge < -0.3 is 9.32 Å². The van der Waals surface area contributed by atoms with E-state index in [-0.39, 0.29) is 11.8 Å². The molecule has 1 aromatic heterocycles. The Morgan fingerprint density at radius 2 is 2.12 bits per heavy atom. The number of amides is 1. The van der Waals surface area contributed by atoms with E-state index in [1.165, 1.54) is 12.1 Å². The monoisotopic (exact) mass is 402 g/mol. The van der Waals surface area contributed by atoms with Crippen molar-refractivity contribution in [3.63, 3.8) is 0 Å². The molecule has 1 unspecified atom stereocenters. The average molecular weight is 403 g/mol. The predicted molar refractivity (Wildman–Crippen MR) is 96.0 cm³/mol. The zero-order valence-electron chi connectivity index (χ0n) is 13.4. The van der Waals surface area contributed by atoms with Crippen molar-refractivity contribution < 1.29 is 13.6 Å². The number of fused-ring (bicyclic) bond motifs is 1. The van der Waals surface area contributed by atoms with E-state index >= 15 is 0 Å². The summed E-state index contributed by atoms with van der Waals surface area (Å²) in [5, 5.41) is 0. The third-order valence-electron chi connectivity index (χ3n) is 4.53. The van der Waals surface area contributed by atoms with Gasteiger partial charge in [-0.05, 0) is 59.1 Å². The van der Waals surface area contributed by atoms with Crippen molar-refractivity contribution in [1.29, 1.82) is 0 Å². The first-order chi connectivity index (χ1) is 12.1. The molecule has 1 aliphatic heterocycles. The Hall–Kier alpha value is -2.21. The number of hydrogen-bond acceptors (Lipinski definition) is 3. The van der Waals surface area contributed by atoms with E-state index in [1.807, 2.05) is 24.3 Å². The summed E-state index contributed by atoms with van der Waals surface area (Å²) in [5.74, 6) is 0.126. The van der Waals surface area contributed by atoms with Gasteiger partial charge in [0.25, 0.3) is 5.91 Å². The van der Waals surface area contributed by atoms with Crippen LogP contribution < -0.4 is 0 Å². The number of rotatable bonds is 2.